The van der Waals surface area contributed by atoms with E-state index in [1.54, 1.807) is 24.5 Å². The van der Waals surface area contributed by atoms with Gasteiger partial charge in [-0.2, -0.15) is 0 Å². The topological polar surface area (TPSA) is 45.2 Å². The van der Waals surface area contributed by atoms with E-state index in [2.05, 4.69) is 15.2 Å². The molecule has 3 aromatic rings. The zero-order chi connectivity index (χ0) is 19.2. The quantitative estimate of drug-likeness (QED) is 0.707. The summed E-state index contributed by atoms with van der Waals surface area (Å²) in [6.07, 6.45) is 4.45. The van der Waals surface area contributed by atoms with Crippen LogP contribution < -0.4 is 10.2 Å². The molecule has 0 aliphatic heterocycles. The van der Waals surface area contributed by atoms with Gasteiger partial charge in [-0.05, 0) is 66.6 Å². The molecule has 0 radical (unpaired) electrons. The van der Waals surface area contributed by atoms with Crippen LogP contribution in [0, 0.1) is 11.6 Å². The van der Waals surface area contributed by atoms with Gasteiger partial charge in [-0.15, -0.1) is 0 Å². The van der Waals surface area contributed by atoms with Gasteiger partial charge in [0.05, 0.1) is 0 Å². The zero-order valence-corrected chi connectivity index (χ0v) is 14.8. The summed E-state index contributed by atoms with van der Waals surface area (Å²) in [5, 5.41) is 2.68. The highest BCUT2D eigenvalue weighted by Gasteiger charge is 2.10. The van der Waals surface area contributed by atoms with E-state index in [4.69, 9.17) is 0 Å². The van der Waals surface area contributed by atoms with Crippen LogP contribution in [0.15, 0.2) is 67.0 Å². The minimum absolute atomic E-state index is 0.0624. The molecular formula is C21H19F2N3O. The smallest absolute Gasteiger partial charge is 0.255 e. The van der Waals surface area contributed by atoms with E-state index in [0.717, 1.165) is 30.8 Å². The van der Waals surface area contributed by atoms with Gasteiger partial charge < -0.3 is 10.2 Å². The monoisotopic (exact) mass is 367 g/mol. The first-order valence-electron chi connectivity index (χ1n) is 8.49. The largest absolute Gasteiger partial charge is 0.374 e. The fourth-order valence-electron chi connectivity index (χ4n) is 2.62. The number of pyridine rings is 1. The van der Waals surface area contributed by atoms with E-state index in [-0.39, 0.29) is 5.56 Å². The number of hydrogen-bond donors (Lipinski definition) is 1. The van der Waals surface area contributed by atoms with Crippen molar-refractivity contribution < 1.29 is 13.6 Å². The lowest BCUT2D eigenvalue weighted by Gasteiger charge is -2.19. The Bertz CT molecular complexity index is 914. The van der Waals surface area contributed by atoms with E-state index in [1.165, 1.54) is 11.6 Å². The molecule has 27 heavy (non-hydrogen) atoms. The summed E-state index contributed by atoms with van der Waals surface area (Å²) < 4.78 is 26.2. The fraction of sp³-hybridized carbons (Fsp3) is 0.143. The zero-order valence-electron chi connectivity index (χ0n) is 14.8. The van der Waals surface area contributed by atoms with Crippen LogP contribution in [0.1, 0.15) is 15.9 Å². The molecule has 1 aromatic heterocycles. The summed E-state index contributed by atoms with van der Waals surface area (Å²) in [5.74, 6) is -2.52. The number of aromatic nitrogens is 1. The van der Waals surface area contributed by atoms with Crippen molar-refractivity contribution in [3.63, 3.8) is 0 Å². The Balaban J connectivity index is 1.59. The van der Waals surface area contributed by atoms with Gasteiger partial charge in [-0.1, -0.05) is 0 Å². The lowest BCUT2D eigenvalue weighted by Crippen LogP contribution is -2.20. The summed E-state index contributed by atoms with van der Waals surface area (Å²) in [6.45, 7) is 0.838. The number of nitrogens with zero attached hydrogens (tertiary/aromatic N) is 2. The van der Waals surface area contributed by atoms with Crippen molar-refractivity contribution >= 4 is 17.3 Å². The molecule has 0 saturated carbocycles. The molecule has 3 rings (SSSR count). The van der Waals surface area contributed by atoms with Gasteiger partial charge in [0.1, 0.15) is 0 Å². The van der Waals surface area contributed by atoms with Crippen molar-refractivity contribution in [2.24, 2.45) is 0 Å². The number of benzene rings is 2. The molecule has 138 valence electrons. The number of amides is 1. The minimum atomic E-state index is -1.05. The van der Waals surface area contributed by atoms with Crippen molar-refractivity contribution in [2.45, 2.75) is 6.42 Å². The Morgan fingerprint density at radius 3 is 2.37 bits per heavy atom. The van der Waals surface area contributed by atoms with Crippen molar-refractivity contribution in [3.05, 3.63) is 89.8 Å². The van der Waals surface area contributed by atoms with Crippen LogP contribution >= 0.6 is 0 Å². The maximum atomic E-state index is 13.3. The first-order chi connectivity index (χ1) is 13.0. The van der Waals surface area contributed by atoms with Crippen LogP contribution in [-0.2, 0) is 6.42 Å². The maximum absolute atomic E-state index is 13.3. The average Bonchev–Trinajstić information content (AvgIpc) is 2.69. The van der Waals surface area contributed by atoms with Gasteiger partial charge in [0.15, 0.2) is 11.6 Å². The highest BCUT2D eigenvalue weighted by atomic mass is 19.2. The number of anilines is 2. The minimum Gasteiger partial charge on any atom is -0.374 e. The average molecular weight is 367 g/mol. The van der Waals surface area contributed by atoms with Crippen molar-refractivity contribution in [1.82, 2.24) is 4.98 Å². The van der Waals surface area contributed by atoms with Crippen LogP contribution in [0.25, 0.3) is 0 Å². The summed E-state index contributed by atoms with van der Waals surface area (Å²) >= 11 is 0. The third kappa shape index (κ3) is 4.88. The molecule has 0 saturated heterocycles. The van der Waals surface area contributed by atoms with Gasteiger partial charge in [0.2, 0.25) is 0 Å². The number of likely N-dealkylation sites (N-methyl/N-ethyl adjacent to an activating group) is 1. The molecule has 0 bridgehead atoms. The van der Waals surface area contributed by atoms with Crippen LogP contribution in [0.5, 0.6) is 0 Å². The van der Waals surface area contributed by atoms with E-state index < -0.39 is 17.5 Å². The second kappa shape index (κ2) is 8.40. The van der Waals surface area contributed by atoms with Crippen LogP contribution in [0.2, 0.25) is 0 Å². The van der Waals surface area contributed by atoms with Crippen LogP contribution in [0.4, 0.5) is 20.2 Å². The van der Waals surface area contributed by atoms with E-state index in [1.807, 2.05) is 31.3 Å². The third-order valence-electron chi connectivity index (χ3n) is 4.23. The van der Waals surface area contributed by atoms with E-state index >= 15 is 0 Å². The van der Waals surface area contributed by atoms with Gasteiger partial charge >= 0.3 is 0 Å². The summed E-state index contributed by atoms with van der Waals surface area (Å²) in [4.78, 5) is 18.3. The first kappa shape index (κ1) is 18.5. The second-order valence-corrected chi connectivity index (χ2v) is 6.16. The van der Waals surface area contributed by atoms with E-state index in [0.29, 0.717) is 5.69 Å². The van der Waals surface area contributed by atoms with E-state index in [9.17, 15) is 13.6 Å². The fourth-order valence-corrected chi connectivity index (χ4v) is 2.62. The molecule has 0 spiro atoms. The molecule has 1 N–H and O–H groups in total. The van der Waals surface area contributed by atoms with Gasteiger partial charge in [-0.3, -0.25) is 9.78 Å². The Morgan fingerprint density at radius 2 is 1.70 bits per heavy atom. The van der Waals surface area contributed by atoms with Crippen LogP contribution in [-0.4, -0.2) is 24.5 Å². The standard InChI is InChI=1S/C21H19F2N3O/c1-26(13-10-15-8-11-24-12-9-15)18-5-3-17(4-6-18)25-21(27)16-2-7-19(22)20(23)14-16/h2-9,11-12,14H,10,13H2,1H3,(H,25,27). The first-order valence-corrected chi connectivity index (χ1v) is 8.49. The summed E-state index contributed by atoms with van der Waals surface area (Å²) in [7, 11) is 2.00. The molecule has 6 heteroatoms. The Labute approximate surface area is 156 Å². The SMILES string of the molecule is CN(CCc1ccncc1)c1ccc(NC(=O)c2ccc(F)c(F)c2)cc1. The van der Waals surface area contributed by atoms with Gasteiger partial charge in [0, 0.05) is 42.9 Å². The second-order valence-electron chi connectivity index (χ2n) is 6.16. The van der Waals surface area contributed by atoms with Crippen LogP contribution in [0.3, 0.4) is 0 Å². The number of nitrogens with one attached hydrogen (secondary N) is 1. The van der Waals surface area contributed by atoms with Gasteiger partial charge in [-0.25, -0.2) is 8.78 Å². The lowest BCUT2D eigenvalue weighted by molar-refractivity contribution is 0.102. The number of hydrogen-bond acceptors (Lipinski definition) is 3. The molecule has 0 aliphatic carbocycles. The normalized spacial score (nSPS) is 10.5. The third-order valence-corrected chi connectivity index (χ3v) is 4.23. The predicted molar refractivity (Wildman–Crippen MR) is 102 cm³/mol. The number of carbonyl (C=O) groups is 1. The molecule has 0 unspecified atom stereocenters. The number of rotatable bonds is 6. The van der Waals surface area contributed by atoms with Crippen molar-refractivity contribution in [3.8, 4) is 0 Å². The highest BCUT2D eigenvalue weighted by Crippen LogP contribution is 2.18. The molecule has 1 heterocycles. The molecule has 4 nitrogen and oxygen atoms in total. The Hall–Kier alpha value is -3.28. The molecule has 0 aliphatic rings. The molecule has 1 amide bonds. The Kier molecular flexibility index (Phi) is 5.76. The molecule has 0 fully saturated rings. The summed E-state index contributed by atoms with van der Waals surface area (Å²) in [5.41, 5.74) is 2.87. The number of halogens is 2. The Morgan fingerprint density at radius 1 is 1.00 bits per heavy atom. The maximum Gasteiger partial charge on any atom is 0.255 e. The molecular weight excluding hydrogens is 348 g/mol. The van der Waals surface area contributed by atoms with Crippen molar-refractivity contribution in [2.75, 3.05) is 23.8 Å². The predicted octanol–water partition coefficient (Wildman–Crippen LogP) is 4.29. The lowest BCUT2D eigenvalue weighted by atomic mass is 10.1. The summed E-state index contributed by atoms with van der Waals surface area (Å²) in [6, 6.07) is 14.4. The highest BCUT2D eigenvalue weighted by molar-refractivity contribution is 6.04. The molecule has 2 aromatic carbocycles. The molecule has 0 atom stereocenters. The number of carbonyl (C=O) groups excluding carboxylic acids is 1. The van der Waals surface area contributed by atoms with Crippen molar-refractivity contribution in [1.29, 1.82) is 0 Å². The van der Waals surface area contributed by atoms with Gasteiger partial charge in [0.25, 0.3) is 5.91 Å².